The number of hydrogen-bond acceptors (Lipinski definition) is 6. The molecule has 23 heavy (non-hydrogen) atoms. The van der Waals surface area contributed by atoms with Gasteiger partial charge in [0.15, 0.2) is 10.8 Å². The van der Waals surface area contributed by atoms with Gasteiger partial charge in [0.1, 0.15) is 11.9 Å². The molecule has 1 aromatic heterocycles. The number of carbonyl (C=O) groups excluding carboxylic acids is 1. The molecule has 0 aliphatic carbocycles. The smallest absolute Gasteiger partial charge is 0.337 e. The number of amidine groups is 1. The number of esters is 1. The van der Waals surface area contributed by atoms with Gasteiger partial charge in [-0.15, -0.1) is 11.3 Å². The molecule has 0 spiro atoms. The fourth-order valence-corrected chi connectivity index (χ4v) is 2.92. The summed E-state index contributed by atoms with van der Waals surface area (Å²) < 4.78 is 19.0. The van der Waals surface area contributed by atoms with Crippen LogP contribution in [0.3, 0.4) is 0 Å². The zero-order valence-electron chi connectivity index (χ0n) is 11.9. The molecule has 1 aromatic carbocycles. The summed E-state index contributed by atoms with van der Waals surface area (Å²) in [5.74, 6) is -0.660. The average Bonchev–Trinajstić information content (AvgIpc) is 3.08. The van der Waals surface area contributed by atoms with Gasteiger partial charge in [0.2, 0.25) is 0 Å². The minimum Gasteiger partial charge on any atom is -0.466 e. The third-order valence-corrected chi connectivity index (χ3v) is 4.25. The lowest BCUT2D eigenvalue weighted by atomic mass is 9.98. The lowest BCUT2D eigenvalue weighted by molar-refractivity contribution is -0.136. The molecule has 8 heteroatoms. The van der Waals surface area contributed by atoms with Crippen molar-refractivity contribution in [2.75, 3.05) is 7.11 Å². The number of nitrogens with zero attached hydrogens (tertiary/aromatic N) is 2. The third kappa shape index (κ3) is 3.11. The number of nitrogens with one attached hydrogen (secondary N) is 1. The van der Waals surface area contributed by atoms with Crippen LogP contribution in [0, 0.1) is 5.82 Å². The number of aliphatic imine (C=N–C) groups is 1. The number of benzene rings is 1. The summed E-state index contributed by atoms with van der Waals surface area (Å²) in [5, 5.41) is 5.62. The van der Waals surface area contributed by atoms with Crippen molar-refractivity contribution in [2.24, 2.45) is 4.99 Å². The molecule has 5 nitrogen and oxygen atoms in total. The molecule has 0 saturated heterocycles. The number of carbonyl (C=O) groups is 1. The van der Waals surface area contributed by atoms with Crippen LogP contribution in [-0.2, 0) is 9.53 Å². The quantitative estimate of drug-likeness (QED) is 0.863. The van der Waals surface area contributed by atoms with Crippen molar-refractivity contribution >= 4 is 34.7 Å². The number of methoxy groups -OCH3 is 1. The van der Waals surface area contributed by atoms with Crippen LogP contribution in [0.5, 0.6) is 0 Å². The van der Waals surface area contributed by atoms with Gasteiger partial charge in [-0.25, -0.2) is 14.2 Å². The van der Waals surface area contributed by atoms with Crippen molar-refractivity contribution < 1.29 is 13.9 Å². The standard InChI is InChI=1S/C15H11ClFN3O2S/c1-22-15(21)10-7-19-13(14-18-4-5-23-14)20-12(10)9-3-2-8(16)6-11(9)17/h2-7,12H,1H3,(H,19,20)/t12-/m0/s1. The molecule has 1 aliphatic rings. The summed E-state index contributed by atoms with van der Waals surface area (Å²) in [6, 6.07) is 3.41. The van der Waals surface area contributed by atoms with Gasteiger partial charge in [-0.2, -0.15) is 0 Å². The van der Waals surface area contributed by atoms with Crippen molar-refractivity contribution in [3.63, 3.8) is 0 Å². The molecule has 2 aromatic rings. The van der Waals surface area contributed by atoms with Gasteiger partial charge in [-0.3, -0.25) is 4.99 Å². The Morgan fingerprint density at radius 3 is 2.96 bits per heavy atom. The van der Waals surface area contributed by atoms with E-state index in [4.69, 9.17) is 16.3 Å². The first kappa shape index (κ1) is 15.6. The van der Waals surface area contributed by atoms with Crippen LogP contribution in [-0.4, -0.2) is 23.9 Å². The van der Waals surface area contributed by atoms with E-state index in [1.54, 1.807) is 17.6 Å². The van der Waals surface area contributed by atoms with Crippen LogP contribution in [0.4, 0.5) is 4.39 Å². The lowest BCUT2D eigenvalue weighted by Crippen LogP contribution is -2.28. The number of rotatable bonds is 3. The number of ether oxygens (including phenoxy) is 1. The first-order valence-corrected chi connectivity index (χ1v) is 7.83. The molecule has 1 aliphatic heterocycles. The maximum absolute atomic E-state index is 14.3. The summed E-state index contributed by atoms with van der Waals surface area (Å²) >= 11 is 7.17. The summed E-state index contributed by atoms with van der Waals surface area (Å²) in [5.41, 5.74) is 0.440. The summed E-state index contributed by atoms with van der Waals surface area (Å²) in [6.07, 6.45) is 3.11. The Morgan fingerprint density at radius 1 is 1.48 bits per heavy atom. The molecule has 0 bridgehead atoms. The molecule has 0 saturated carbocycles. The van der Waals surface area contributed by atoms with E-state index in [-0.39, 0.29) is 16.2 Å². The predicted molar refractivity (Wildman–Crippen MR) is 86.0 cm³/mol. The van der Waals surface area contributed by atoms with Crippen LogP contribution >= 0.6 is 22.9 Å². The minimum absolute atomic E-state index is 0.203. The number of aromatic nitrogens is 1. The van der Waals surface area contributed by atoms with Gasteiger partial charge in [0, 0.05) is 28.4 Å². The molecule has 1 N–H and O–H groups in total. The second-order valence-electron chi connectivity index (χ2n) is 4.62. The van der Waals surface area contributed by atoms with E-state index in [0.29, 0.717) is 10.8 Å². The molecule has 3 rings (SSSR count). The Bertz CT molecular complexity index is 805. The molecule has 0 radical (unpaired) electrons. The summed E-state index contributed by atoms with van der Waals surface area (Å²) in [4.78, 5) is 20.6. The molecule has 2 heterocycles. The van der Waals surface area contributed by atoms with Gasteiger partial charge in [-0.1, -0.05) is 17.7 Å². The normalized spacial score (nSPS) is 17.1. The number of hydrogen-bond donors (Lipinski definition) is 1. The zero-order chi connectivity index (χ0) is 16.4. The molecular weight excluding hydrogens is 341 g/mol. The molecule has 0 amide bonds. The fourth-order valence-electron chi connectivity index (χ4n) is 2.17. The highest BCUT2D eigenvalue weighted by Gasteiger charge is 2.29. The van der Waals surface area contributed by atoms with E-state index in [2.05, 4.69) is 15.3 Å². The SMILES string of the molecule is COC(=O)C1=CNC(c2nccs2)=N[C@H]1c1ccc(Cl)cc1F. The summed E-state index contributed by atoms with van der Waals surface area (Å²) in [7, 11) is 1.26. The predicted octanol–water partition coefficient (Wildman–Crippen LogP) is 3.08. The van der Waals surface area contributed by atoms with Crippen molar-refractivity contribution in [1.82, 2.24) is 10.3 Å². The Morgan fingerprint density at radius 2 is 2.30 bits per heavy atom. The highest BCUT2D eigenvalue weighted by Crippen LogP contribution is 2.32. The molecule has 118 valence electrons. The average molecular weight is 352 g/mol. The first-order valence-electron chi connectivity index (χ1n) is 6.57. The second kappa shape index (κ2) is 6.47. The Balaban J connectivity index is 2.07. The number of thiazole rings is 1. The lowest BCUT2D eigenvalue weighted by Gasteiger charge is -2.22. The molecule has 1 atom stereocenters. The Labute approximate surface area is 140 Å². The van der Waals surface area contributed by atoms with Crippen LogP contribution in [0.15, 0.2) is 46.5 Å². The van der Waals surface area contributed by atoms with Crippen molar-refractivity contribution in [3.8, 4) is 0 Å². The van der Waals surface area contributed by atoms with E-state index in [0.717, 1.165) is 0 Å². The van der Waals surface area contributed by atoms with E-state index in [1.165, 1.54) is 36.8 Å². The van der Waals surface area contributed by atoms with Crippen molar-refractivity contribution in [2.45, 2.75) is 6.04 Å². The van der Waals surface area contributed by atoms with Crippen LogP contribution in [0.2, 0.25) is 5.02 Å². The van der Waals surface area contributed by atoms with E-state index in [1.807, 2.05) is 0 Å². The minimum atomic E-state index is -0.833. The van der Waals surface area contributed by atoms with E-state index in [9.17, 15) is 9.18 Å². The van der Waals surface area contributed by atoms with E-state index < -0.39 is 17.8 Å². The van der Waals surface area contributed by atoms with Crippen molar-refractivity contribution in [3.05, 3.63) is 63.0 Å². The Hall–Kier alpha value is -2.25. The first-order chi connectivity index (χ1) is 11.1. The summed E-state index contributed by atoms with van der Waals surface area (Å²) in [6.45, 7) is 0. The second-order valence-corrected chi connectivity index (χ2v) is 5.95. The van der Waals surface area contributed by atoms with Gasteiger partial charge < -0.3 is 10.1 Å². The van der Waals surface area contributed by atoms with Gasteiger partial charge in [-0.05, 0) is 12.1 Å². The maximum Gasteiger partial charge on any atom is 0.337 e. The van der Waals surface area contributed by atoms with Crippen LogP contribution in [0.25, 0.3) is 0 Å². The van der Waals surface area contributed by atoms with Crippen LogP contribution in [0.1, 0.15) is 16.6 Å². The van der Waals surface area contributed by atoms with Crippen molar-refractivity contribution in [1.29, 1.82) is 0 Å². The van der Waals surface area contributed by atoms with Gasteiger partial charge in [0.05, 0.1) is 12.7 Å². The zero-order valence-corrected chi connectivity index (χ0v) is 13.5. The highest BCUT2D eigenvalue weighted by atomic mass is 35.5. The van der Waals surface area contributed by atoms with E-state index >= 15 is 0 Å². The maximum atomic E-state index is 14.3. The molecule has 0 unspecified atom stereocenters. The molecular formula is C15H11ClFN3O2S. The molecule has 0 fully saturated rings. The topological polar surface area (TPSA) is 63.6 Å². The number of halogens is 2. The van der Waals surface area contributed by atoms with Gasteiger partial charge >= 0.3 is 5.97 Å². The van der Waals surface area contributed by atoms with Gasteiger partial charge in [0.25, 0.3) is 0 Å². The monoisotopic (exact) mass is 351 g/mol. The van der Waals surface area contributed by atoms with Crippen LogP contribution < -0.4 is 5.32 Å². The largest absolute Gasteiger partial charge is 0.466 e. The Kier molecular flexibility index (Phi) is 4.40. The third-order valence-electron chi connectivity index (χ3n) is 3.23. The highest BCUT2D eigenvalue weighted by molar-refractivity contribution is 7.11. The fraction of sp³-hybridized carbons (Fsp3) is 0.133.